The average Bonchev–Trinajstić information content (AvgIpc) is 2.73. The van der Waals surface area contributed by atoms with Crippen LogP contribution in [0.15, 0.2) is 12.4 Å². The summed E-state index contributed by atoms with van der Waals surface area (Å²) in [5, 5.41) is 4.40. The third kappa shape index (κ3) is 2.15. The summed E-state index contributed by atoms with van der Waals surface area (Å²) in [6, 6.07) is 2.38. The minimum Gasteiger partial charge on any atom is -0.366 e. The number of aromatic nitrogens is 2. The molecule has 4 nitrogen and oxygen atoms in total. The van der Waals surface area contributed by atoms with Crippen LogP contribution in [0.25, 0.3) is 10.2 Å². The first-order chi connectivity index (χ1) is 7.74. The van der Waals surface area contributed by atoms with Gasteiger partial charge in [-0.15, -0.1) is 11.3 Å². The van der Waals surface area contributed by atoms with E-state index in [-0.39, 0.29) is 6.04 Å². The van der Waals surface area contributed by atoms with Crippen LogP contribution in [0, 0.1) is 0 Å². The highest BCUT2D eigenvalue weighted by atomic mass is 32.1. The van der Waals surface area contributed by atoms with Crippen molar-refractivity contribution in [3.05, 3.63) is 17.3 Å². The van der Waals surface area contributed by atoms with Gasteiger partial charge in [0, 0.05) is 17.5 Å². The number of fused-ring (bicyclic) bond motifs is 1. The number of nitrogens with two attached hydrogens (primary N) is 1. The van der Waals surface area contributed by atoms with Crippen molar-refractivity contribution >= 4 is 27.4 Å². The molecule has 0 saturated heterocycles. The molecule has 2 rings (SSSR count). The van der Waals surface area contributed by atoms with Crippen LogP contribution >= 0.6 is 11.3 Å². The maximum atomic E-state index is 5.59. The van der Waals surface area contributed by atoms with Gasteiger partial charge in [0.15, 0.2) is 0 Å². The molecule has 86 valence electrons. The van der Waals surface area contributed by atoms with Crippen molar-refractivity contribution in [3.8, 4) is 0 Å². The molecule has 5 heteroatoms. The maximum absolute atomic E-state index is 5.59. The predicted molar refractivity (Wildman–Crippen MR) is 68.9 cm³/mol. The summed E-state index contributed by atoms with van der Waals surface area (Å²) in [6.07, 6.45) is 2.64. The monoisotopic (exact) mass is 236 g/mol. The van der Waals surface area contributed by atoms with Gasteiger partial charge in [0.1, 0.15) is 17.0 Å². The molecule has 0 aliphatic carbocycles. The van der Waals surface area contributed by atoms with Crippen LogP contribution in [0.4, 0.5) is 5.82 Å². The number of nitrogens with one attached hydrogen (secondary N) is 1. The molecule has 0 bridgehead atoms. The lowest BCUT2D eigenvalue weighted by molar-refractivity contribution is 0.799. The van der Waals surface area contributed by atoms with Crippen molar-refractivity contribution < 1.29 is 0 Å². The molecule has 0 aromatic carbocycles. The van der Waals surface area contributed by atoms with Gasteiger partial charge >= 0.3 is 0 Å². The number of rotatable bonds is 4. The van der Waals surface area contributed by atoms with Crippen molar-refractivity contribution in [1.29, 1.82) is 0 Å². The summed E-state index contributed by atoms with van der Waals surface area (Å²) >= 11 is 1.72. The molecule has 2 heterocycles. The Balaban J connectivity index is 2.40. The number of anilines is 1. The van der Waals surface area contributed by atoms with Gasteiger partial charge in [-0.2, -0.15) is 0 Å². The van der Waals surface area contributed by atoms with Crippen LogP contribution < -0.4 is 11.1 Å². The second-order valence-corrected chi connectivity index (χ2v) is 4.90. The molecule has 1 unspecified atom stereocenters. The van der Waals surface area contributed by atoms with Gasteiger partial charge in [0.2, 0.25) is 0 Å². The summed E-state index contributed by atoms with van der Waals surface area (Å²) in [5.41, 5.74) is 5.59. The van der Waals surface area contributed by atoms with E-state index in [1.54, 1.807) is 17.7 Å². The van der Waals surface area contributed by atoms with E-state index in [1.165, 1.54) is 4.88 Å². The van der Waals surface area contributed by atoms with Crippen LogP contribution in [0.3, 0.4) is 0 Å². The number of hydrogen-bond acceptors (Lipinski definition) is 5. The highest BCUT2D eigenvalue weighted by Gasteiger charge is 2.09. The quantitative estimate of drug-likeness (QED) is 0.852. The fourth-order valence-electron chi connectivity index (χ4n) is 1.49. The molecule has 2 aromatic heterocycles. The van der Waals surface area contributed by atoms with E-state index in [0.29, 0.717) is 6.54 Å². The van der Waals surface area contributed by atoms with E-state index >= 15 is 0 Å². The Hall–Kier alpha value is -1.20. The van der Waals surface area contributed by atoms with Crippen LogP contribution in [0.1, 0.15) is 18.7 Å². The van der Waals surface area contributed by atoms with Gasteiger partial charge in [-0.1, -0.05) is 6.92 Å². The SMILES string of the molecule is CCc1cc2c(NC(C)CN)ncnc2s1. The fourth-order valence-corrected chi connectivity index (χ4v) is 2.42. The van der Waals surface area contributed by atoms with Crippen LogP contribution in [-0.2, 0) is 6.42 Å². The highest BCUT2D eigenvalue weighted by molar-refractivity contribution is 7.18. The predicted octanol–water partition coefficient (Wildman–Crippen LogP) is 2.01. The molecule has 0 fully saturated rings. The van der Waals surface area contributed by atoms with Crippen molar-refractivity contribution in [2.75, 3.05) is 11.9 Å². The third-order valence-corrected chi connectivity index (χ3v) is 3.65. The summed E-state index contributed by atoms with van der Waals surface area (Å²) in [6.45, 7) is 4.78. The minimum absolute atomic E-state index is 0.225. The second-order valence-electron chi connectivity index (χ2n) is 3.79. The summed E-state index contributed by atoms with van der Waals surface area (Å²) in [4.78, 5) is 10.9. The van der Waals surface area contributed by atoms with Crippen LogP contribution in [0.5, 0.6) is 0 Å². The Morgan fingerprint density at radius 1 is 1.50 bits per heavy atom. The number of hydrogen-bond donors (Lipinski definition) is 2. The molecule has 0 spiro atoms. The van der Waals surface area contributed by atoms with Crippen molar-refractivity contribution in [2.24, 2.45) is 5.73 Å². The normalized spacial score (nSPS) is 12.9. The minimum atomic E-state index is 0.225. The van der Waals surface area contributed by atoms with Gasteiger partial charge in [-0.25, -0.2) is 9.97 Å². The molecule has 0 radical (unpaired) electrons. The second kappa shape index (κ2) is 4.76. The van der Waals surface area contributed by atoms with E-state index in [9.17, 15) is 0 Å². The van der Waals surface area contributed by atoms with Gasteiger partial charge < -0.3 is 11.1 Å². The van der Waals surface area contributed by atoms with Gasteiger partial charge in [-0.05, 0) is 19.4 Å². The average molecular weight is 236 g/mol. The van der Waals surface area contributed by atoms with E-state index < -0.39 is 0 Å². The van der Waals surface area contributed by atoms with E-state index in [0.717, 1.165) is 22.5 Å². The Bertz CT molecular complexity index is 480. The zero-order valence-electron chi connectivity index (χ0n) is 9.53. The molecule has 0 amide bonds. The zero-order valence-corrected chi connectivity index (χ0v) is 10.3. The maximum Gasteiger partial charge on any atom is 0.138 e. The summed E-state index contributed by atoms with van der Waals surface area (Å²) in [5.74, 6) is 0.888. The van der Waals surface area contributed by atoms with Crippen molar-refractivity contribution in [1.82, 2.24) is 9.97 Å². The zero-order chi connectivity index (χ0) is 11.5. The highest BCUT2D eigenvalue weighted by Crippen LogP contribution is 2.28. The molecule has 0 saturated carbocycles. The van der Waals surface area contributed by atoms with Crippen LogP contribution in [-0.4, -0.2) is 22.6 Å². The third-order valence-electron chi connectivity index (χ3n) is 2.47. The van der Waals surface area contributed by atoms with Crippen molar-refractivity contribution in [2.45, 2.75) is 26.3 Å². The molecule has 0 aliphatic rings. The summed E-state index contributed by atoms with van der Waals surface area (Å²) < 4.78 is 0. The number of nitrogens with zero attached hydrogens (tertiary/aromatic N) is 2. The molecular weight excluding hydrogens is 220 g/mol. The lowest BCUT2D eigenvalue weighted by Gasteiger charge is -2.11. The van der Waals surface area contributed by atoms with E-state index in [1.807, 2.05) is 6.92 Å². The first-order valence-corrected chi connectivity index (χ1v) is 6.26. The Kier molecular flexibility index (Phi) is 3.36. The Labute approximate surface area is 98.9 Å². The topological polar surface area (TPSA) is 63.8 Å². The van der Waals surface area contributed by atoms with Gasteiger partial charge in [0.25, 0.3) is 0 Å². The van der Waals surface area contributed by atoms with Gasteiger partial charge in [0.05, 0.1) is 5.39 Å². The molecule has 0 aliphatic heterocycles. The summed E-state index contributed by atoms with van der Waals surface area (Å²) in [7, 11) is 0. The molecule has 16 heavy (non-hydrogen) atoms. The molecule has 2 aromatic rings. The first-order valence-electron chi connectivity index (χ1n) is 5.44. The van der Waals surface area contributed by atoms with Crippen molar-refractivity contribution in [3.63, 3.8) is 0 Å². The number of aryl methyl sites for hydroxylation is 1. The Morgan fingerprint density at radius 3 is 3.00 bits per heavy atom. The number of thiophene rings is 1. The standard InChI is InChI=1S/C11H16N4S/c1-3-8-4-9-10(15-7(2)5-12)13-6-14-11(9)16-8/h4,6-7H,3,5,12H2,1-2H3,(H,13,14,15). The molecule has 1 atom stereocenters. The Morgan fingerprint density at radius 2 is 2.31 bits per heavy atom. The van der Waals surface area contributed by atoms with E-state index in [2.05, 4.69) is 28.3 Å². The lowest BCUT2D eigenvalue weighted by atomic mass is 10.3. The molecule has 3 N–H and O–H groups in total. The fraction of sp³-hybridized carbons (Fsp3) is 0.455. The smallest absolute Gasteiger partial charge is 0.138 e. The van der Waals surface area contributed by atoms with Crippen LogP contribution in [0.2, 0.25) is 0 Å². The van der Waals surface area contributed by atoms with Gasteiger partial charge in [-0.3, -0.25) is 0 Å². The first kappa shape index (κ1) is 11.3. The molecular formula is C11H16N4S. The van der Waals surface area contributed by atoms with E-state index in [4.69, 9.17) is 5.73 Å². The largest absolute Gasteiger partial charge is 0.366 e. The lowest BCUT2D eigenvalue weighted by Crippen LogP contribution is -2.25.